The number of carbonyl (C=O) groups is 1. The van der Waals surface area contributed by atoms with Crippen LogP contribution in [0.2, 0.25) is 0 Å². The van der Waals surface area contributed by atoms with Gasteiger partial charge in [0, 0.05) is 24.8 Å². The van der Waals surface area contributed by atoms with Crippen molar-refractivity contribution in [3.05, 3.63) is 34.9 Å². The Morgan fingerprint density at radius 2 is 2.21 bits per heavy atom. The quantitative estimate of drug-likeness (QED) is 0.821. The van der Waals surface area contributed by atoms with E-state index in [0.717, 1.165) is 31.6 Å². The van der Waals surface area contributed by atoms with Crippen LogP contribution < -0.4 is 11.1 Å². The molecule has 0 aliphatic heterocycles. The Labute approximate surface area is 114 Å². The number of rotatable bonds is 6. The standard InChI is InChI=1S/C15H22N2O2/c1-3-19-14-7-13(8-14)17-9-12-5-4-11(15(16)18)6-10(12)2/h4-6,13-14,17H,3,7-9H2,1-2H3,(H2,16,18). The van der Waals surface area contributed by atoms with E-state index in [1.54, 1.807) is 6.07 Å². The Balaban J connectivity index is 1.82. The number of hydrogen-bond acceptors (Lipinski definition) is 3. The minimum atomic E-state index is -0.374. The summed E-state index contributed by atoms with van der Waals surface area (Å²) in [6, 6.07) is 6.16. The maximum atomic E-state index is 11.1. The molecule has 0 atom stereocenters. The summed E-state index contributed by atoms with van der Waals surface area (Å²) in [5.74, 6) is -0.374. The van der Waals surface area contributed by atoms with Crippen molar-refractivity contribution >= 4 is 5.91 Å². The van der Waals surface area contributed by atoms with Gasteiger partial charge in [-0.2, -0.15) is 0 Å². The maximum absolute atomic E-state index is 11.1. The molecule has 3 N–H and O–H groups in total. The number of nitrogens with two attached hydrogens (primary N) is 1. The van der Waals surface area contributed by atoms with Gasteiger partial charge in [0.2, 0.25) is 5.91 Å². The van der Waals surface area contributed by atoms with Gasteiger partial charge in [0.05, 0.1) is 6.10 Å². The largest absolute Gasteiger partial charge is 0.378 e. The summed E-state index contributed by atoms with van der Waals surface area (Å²) in [4.78, 5) is 11.1. The van der Waals surface area contributed by atoms with Crippen molar-refractivity contribution in [1.82, 2.24) is 5.32 Å². The van der Waals surface area contributed by atoms with Crippen molar-refractivity contribution in [2.24, 2.45) is 5.73 Å². The molecule has 104 valence electrons. The Morgan fingerprint density at radius 1 is 1.47 bits per heavy atom. The number of amides is 1. The molecule has 1 aromatic rings. The van der Waals surface area contributed by atoms with Crippen LogP contribution in [-0.2, 0) is 11.3 Å². The Hall–Kier alpha value is -1.39. The first-order valence-corrected chi connectivity index (χ1v) is 6.84. The number of aryl methyl sites for hydroxylation is 1. The predicted molar refractivity (Wildman–Crippen MR) is 75.0 cm³/mol. The molecule has 0 aromatic heterocycles. The van der Waals surface area contributed by atoms with E-state index in [9.17, 15) is 4.79 Å². The topological polar surface area (TPSA) is 64.3 Å². The molecule has 1 amide bonds. The van der Waals surface area contributed by atoms with Gasteiger partial charge in [0.25, 0.3) is 0 Å². The number of ether oxygens (including phenoxy) is 1. The van der Waals surface area contributed by atoms with Crippen molar-refractivity contribution in [2.45, 2.75) is 45.4 Å². The maximum Gasteiger partial charge on any atom is 0.248 e. The van der Waals surface area contributed by atoms with Gasteiger partial charge in [-0.25, -0.2) is 0 Å². The molecule has 19 heavy (non-hydrogen) atoms. The van der Waals surface area contributed by atoms with Crippen molar-refractivity contribution in [1.29, 1.82) is 0 Å². The van der Waals surface area contributed by atoms with Crippen LogP contribution >= 0.6 is 0 Å². The van der Waals surface area contributed by atoms with Gasteiger partial charge < -0.3 is 15.8 Å². The van der Waals surface area contributed by atoms with Crippen LogP contribution in [0.15, 0.2) is 18.2 Å². The highest BCUT2D eigenvalue weighted by Gasteiger charge is 2.28. The van der Waals surface area contributed by atoms with Crippen molar-refractivity contribution < 1.29 is 9.53 Å². The first kappa shape index (κ1) is 14.0. The number of hydrogen-bond donors (Lipinski definition) is 2. The normalized spacial score (nSPS) is 22.0. The molecule has 0 spiro atoms. The molecule has 1 aliphatic carbocycles. The number of nitrogens with one attached hydrogen (secondary N) is 1. The van der Waals surface area contributed by atoms with Gasteiger partial charge in [0.15, 0.2) is 0 Å². The van der Waals surface area contributed by atoms with Gasteiger partial charge >= 0.3 is 0 Å². The lowest BCUT2D eigenvalue weighted by molar-refractivity contribution is -0.0102. The van der Waals surface area contributed by atoms with E-state index in [1.165, 1.54) is 5.56 Å². The molecule has 0 saturated heterocycles. The third-order valence-electron chi connectivity index (χ3n) is 3.71. The van der Waals surface area contributed by atoms with E-state index in [1.807, 2.05) is 26.0 Å². The smallest absolute Gasteiger partial charge is 0.248 e. The second-order valence-electron chi connectivity index (χ2n) is 5.13. The average molecular weight is 262 g/mol. The van der Waals surface area contributed by atoms with Crippen molar-refractivity contribution in [2.75, 3.05) is 6.61 Å². The zero-order chi connectivity index (χ0) is 13.8. The minimum absolute atomic E-state index is 0.374. The zero-order valence-corrected chi connectivity index (χ0v) is 11.6. The summed E-state index contributed by atoms with van der Waals surface area (Å²) in [6.45, 7) is 5.66. The second-order valence-corrected chi connectivity index (χ2v) is 5.13. The van der Waals surface area contributed by atoms with Crippen molar-refractivity contribution in [3.8, 4) is 0 Å². The molecule has 0 bridgehead atoms. The number of carbonyl (C=O) groups excluding carboxylic acids is 1. The summed E-state index contributed by atoms with van der Waals surface area (Å²) in [7, 11) is 0. The summed E-state index contributed by atoms with van der Waals surface area (Å²) < 4.78 is 5.53. The third kappa shape index (κ3) is 3.55. The number of primary amides is 1. The molecule has 4 heteroatoms. The molecule has 1 aromatic carbocycles. The molecule has 0 radical (unpaired) electrons. The SMILES string of the molecule is CCOC1CC(NCc2ccc(C(N)=O)cc2C)C1. The van der Waals surface area contributed by atoms with Crippen molar-refractivity contribution in [3.63, 3.8) is 0 Å². The van der Waals surface area contributed by atoms with E-state index < -0.39 is 0 Å². The van der Waals surface area contributed by atoms with E-state index in [4.69, 9.17) is 10.5 Å². The van der Waals surface area contributed by atoms with Crippen LogP contribution in [0.5, 0.6) is 0 Å². The monoisotopic (exact) mass is 262 g/mol. The molecule has 0 unspecified atom stereocenters. The lowest BCUT2D eigenvalue weighted by atomic mass is 9.89. The average Bonchev–Trinajstić information content (AvgIpc) is 2.33. The fraction of sp³-hybridized carbons (Fsp3) is 0.533. The minimum Gasteiger partial charge on any atom is -0.378 e. The van der Waals surface area contributed by atoms with E-state index in [0.29, 0.717) is 17.7 Å². The summed E-state index contributed by atoms with van der Waals surface area (Å²) in [5.41, 5.74) is 8.15. The Morgan fingerprint density at radius 3 is 2.79 bits per heavy atom. The molecule has 0 heterocycles. The fourth-order valence-electron chi connectivity index (χ4n) is 2.41. The highest BCUT2D eigenvalue weighted by atomic mass is 16.5. The van der Waals surface area contributed by atoms with Gasteiger partial charge in [-0.15, -0.1) is 0 Å². The highest BCUT2D eigenvalue weighted by molar-refractivity contribution is 5.93. The molecule has 4 nitrogen and oxygen atoms in total. The summed E-state index contributed by atoms with van der Waals surface area (Å²) in [5, 5.41) is 3.52. The van der Waals surface area contributed by atoms with E-state index in [2.05, 4.69) is 5.32 Å². The Bertz CT molecular complexity index is 453. The van der Waals surface area contributed by atoms with Crippen LogP contribution in [0.25, 0.3) is 0 Å². The summed E-state index contributed by atoms with van der Waals surface area (Å²) in [6.07, 6.45) is 2.61. The first-order chi connectivity index (χ1) is 9.10. The van der Waals surface area contributed by atoms with Crippen LogP contribution in [0.1, 0.15) is 41.3 Å². The van der Waals surface area contributed by atoms with Gasteiger partial charge in [-0.05, 0) is 49.9 Å². The lowest BCUT2D eigenvalue weighted by Crippen LogP contribution is -2.45. The van der Waals surface area contributed by atoms with Crippen LogP contribution in [0, 0.1) is 6.92 Å². The van der Waals surface area contributed by atoms with Gasteiger partial charge in [-0.1, -0.05) is 6.07 Å². The Kier molecular flexibility index (Phi) is 4.56. The molecule has 1 saturated carbocycles. The molecular weight excluding hydrogens is 240 g/mol. The summed E-state index contributed by atoms with van der Waals surface area (Å²) >= 11 is 0. The highest BCUT2D eigenvalue weighted by Crippen LogP contribution is 2.23. The van der Waals surface area contributed by atoms with Crippen LogP contribution in [-0.4, -0.2) is 24.7 Å². The van der Waals surface area contributed by atoms with Crippen LogP contribution in [0.3, 0.4) is 0 Å². The molecular formula is C15H22N2O2. The first-order valence-electron chi connectivity index (χ1n) is 6.84. The molecule has 2 rings (SSSR count). The second kappa shape index (κ2) is 6.17. The zero-order valence-electron chi connectivity index (χ0n) is 11.6. The van der Waals surface area contributed by atoms with Gasteiger partial charge in [-0.3, -0.25) is 4.79 Å². The number of benzene rings is 1. The molecule has 1 fully saturated rings. The van der Waals surface area contributed by atoms with Crippen LogP contribution in [0.4, 0.5) is 0 Å². The lowest BCUT2D eigenvalue weighted by Gasteiger charge is -2.35. The predicted octanol–water partition coefficient (Wildman–Crippen LogP) is 1.75. The van der Waals surface area contributed by atoms with E-state index in [-0.39, 0.29) is 5.91 Å². The van der Waals surface area contributed by atoms with E-state index >= 15 is 0 Å². The fourth-order valence-corrected chi connectivity index (χ4v) is 2.41. The van der Waals surface area contributed by atoms with Gasteiger partial charge in [0.1, 0.15) is 0 Å². The molecule has 1 aliphatic rings. The third-order valence-corrected chi connectivity index (χ3v) is 3.71.